The summed E-state index contributed by atoms with van der Waals surface area (Å²) < 4.78 is 63.7. The maximum atomic E-state index is 15.1. The first-order valence-corrected chi connectivity index (χ1v) is 18.0. The highest BCUT2D eigenvalue weighted by Crippen LogP contribution is 2.40. The number of hydrogen-bond donors (Lipinski definition) is 4. The number of anilines is 5. The smallest absolute Gasteiger partial charge is 0.419 e. The van der Waals surface area contributed by atoms with Crippen LogP contribution in [0.1, 0.15) is 65.2 Å². The third-order valence-corrected chi connectivity index (χ3v) is 9.60. The number of carbonyl (C=O) groups excluding carboxylic acids is 3. The molecule has 0 spiro atoms. The lowest BCUT2D eigenvalue weighted by atomic mass is 9.89. The fourth-order valence-corrected chi connectivity index (χ4v) is 6.88. The van der Waals surface area contributed by atoms with Crippen molar-refractivity contribution >= 4 is 46.3 Å². The SMILES string of the molecule is CNC(=O)c1ccccc1Nc1cc(Nc2cc(C)c(N3CCN(Cc4ccc(C5CCC(=O)NC5=O)c(F)c4)CC3)cc2OC(C)C)ncc1C(F)(F)F. The predicted octanol–water partition coefficient (Wildman–Crippen LogP) is 7.02. The van der Waals surface area contributed by atoms with Gasteiger partial charge in [0.05, 0.1) is 40.2 Å². The highest BCUT2D eigenvalue weighted by atomic mass is 19.4. The monoisotopic (exact) mass is 761 g/mol. The van der Waals surface area contributed by atoms with E-state index in [1.807, 2.05) is 39.0 Å². The molecule has 6 rings (SSSR count). The minimum absolute atomic E-state index is 0.129. The molecular formula is C40H43F4N7O4. The zero-order valence-electron chi connectivity index (χ0n) is 30.9. The van der Waals surface area contributed by atoms with Crippen molar-refractivity contribution in [1.29, 1.82) is 0 Å². The summed E-state index contributed by atoms with van der Waals surface area (Å²) in [7, 11) is 1.44. The van der Waals surface area contributed by atoms with Gasteiger partial charge in [0.25, 0.3) is 5.91 Å². The van der Waals surface area contributed by atoms with Gasteiger partial charge in [0.2, 0.25) is 11.8 Å². The minimum Gasteiger partial charge on any atom is -0.489 e. The number of carbonyl (C=O) groups is 3. The molecule has 3 aromatic carbocycles. The first-order valence-electron chi connectivity index (χ1n) is 18.0. The molecule has 2 aliphatic heterocycles. The van der Waals surface area contributed by atoms with Gasteiger partial charge in [-0.2, -0.15) is 13.2 Å². The Labute approximate surface area is 316 Å². The Morgan fingerprint density at radius 2 is 1.73 bits per heavy atom. The molecule has 55 heavy (non-hydrogen) atoms. The van der Waals surface area contributed by atoms with Crippen LogP contribution in [0.4, 0.5) is 46.1 Å². The fraction of sp³-hybridized carbons (Fsp3) is 0.350. The quantitative estimate of drug-likeness (QED) is 0.0942. The largest absolute Gasteiger partial charge is 0.489 e. The number of aryl methyl sites for hydroxylation is 1. The van der Waals surface area contributed by atoms with Crippen LogP contribution in [0.2, 0.25) is 0 Å². The highest BCUT2D eigenvalue weighted by molar-refractivity contribution is 6.01. The molecule has 2 fully saturated rings. The Bertz CT molecular complexity index is 2080. The number of benzene rings is 3. The van der Waals surface area contributed by atoms with Crippen LogP contribution < -0.4 is 30.9 Å². The van der Waals surface area contributed by atoms with Crippen LogP contribution >= 0.6 is 0 Å². The van der Waals surface area contributed by atoms with Gasteiger partial charge in [-0.1, -0.05) is 24.3 Å². The summed E-state index contributed by atoms with van der Waals surface area (Å²) in [5, 5.41) is 10.7. The number of nitrogens with zero attached hydrogens (tertiary/aromatic N) is 3. The maximum absolute atomic E-state index is 15.1. The Kier molecular flexibility index (Phi) is 11.6. The number of aromatic nitrogens is 1. The Morgan fingerprint density at radius 1 is 0.982 bits per heavy atom. The molecule has 1 aromatic heterocycles. The number of ether oxygens (including phenoxy) is 1. The summed E-state index contributed by atoms with van der Waals surface area (Å²) >= 11 is 0. The Balaban J connectivity index is 1.17. The topological polar surface area (TPSA) is 128 Å². The number of hydrogen-bond acceptors (Lipinski definition) is 9. The third kappa shape index (κ3) is 9.16. The molecule has 1 atom stereocenters. The molecule has 3 amide bonds. The highest BCUT2D eigenvalue weighted by Gasteiger charge is 2.35. The number of nitrogens with one attached hydrogen (secondary N) is 4. The average Bonchev–Trinajstić information content (AvgIpc) is 3.13. The van der Waals surface area contributed by atoms with Crippen LogP contribution in [0.15, 0.2) is 66.9 Å². The van der Waals surface area contributed by atoms with E-state index < -0.39 is 35.3 Å². The number of piperazine rings is 1. The van der Waals surface area contributed by atoms with E-state index in [9.17, 15) is 27.6 Å². The van der Waals surface area contributed by atoms with E-state index in [4.69, 9.17) is 4.74 Å². The van der Waals surface area contributed by atoms with Crippen LogP contribution in [0.3, 0.4) is 0 Å². The lowest BCUT2D eigenvalue weighted by Crippen LogP contribution is -2.46. The number of alkyl halides is 3. The second-order valence-electron chi connectivity index (χ2n) is 13.9. The zero-order chi connectivity index (χ0) is 39.4. The summed E-state index contributed by atoms with van der Waals surface area (Å²) in [5.74, 6) is -1.79. The van der Waals surface area contributed by atoms with Crippen LogP contribution in [0, 0.1) is 12.7 Å². The van der Waals surface area contributed by atoms with E-state index in [1.54, 1.807) is 18.2 Å². The predicted molar refractivity (Wildman–Crippen MR) is 202 cm³/mol. The molecule has 15 heteroatoms. The Morgan fingerprint density at radius 3 is 2.40 bits per heavy atom. The molecule has 0 saturated carbocycles. The molecular weight excluding hydrogens is 718 g/mol. The van der Waals surface area contributed by atoms with E-state index in [-0.39, 0.29) is 47.6 Å². The summed E-state index contributed by atoms with van der Waals surface area (Å²) in [4.78, 5) is 44.8. The standard InChI is InChI=1S/C40H43F4N7O4/c1-23(2)55-35-20-34(51-15-13-50(14-16-51)22-25-9-10-26(30(41)18-25)27-11-12-37(52)49-39(27)54)24(3)17-33(35)48-36-19-32(29(21-46-36)40(42,43)44)47-31-8-6-5-7-28(31)38(53)45-4/h5-10,17-21,23,27H,11-16,22H2,1-4H3,(H,45,53)(H2,46,47,48)(H,49,52,54). The summed E-state index contributed by atoms with van der Waals surface area (Å²) in [6.07, 6.45) is -3.72. The molecule has 290 valence electrons. The molecule has 1 unspecified atom stereocenters. The average molecular weight is 762 g/mol. The Hall–Kier alpha value is -5.70. The number of imide groups is 1. The summed E-state index contributed by atoms with van der Waals surface area (Å²) in [5.41, 5.74) is 2.53. The lowest BCUT2D eigenvalue weighted by molar-refractivity contribution is -0.137. The maximum Gasteiger partial charge on any atom is 0.419 e. The van der Waals surface area contributed by atoms with Crippen LogP contribution in [0.5, 0.6) is 5.75 Å². The molecule has 0 radical (unpaired) electrons. The molecule has 0 aliphatic carbocycles. The zero-order valence-corrected chi connectivity index (χ0v) is 30.9. The second-order valence-corrected chi connectivity index (χ2v) is 13.9. The summed E-state index contributed by atoms with van der Waals surface area (Å²) in [6.45, 7) is 8.99. The van der Waals surface area contributed by atoms with Crippen LogP contribution in [-0.2, 0) is 22.3 Å². The van der Waals surface area contributed by atoms with E-state index in [1.165, 1.54) is 31.3 Å². The van der Waals surface area contributed by atoms with Crippen LogP contribution in [-0.4, -0.2) is 66.9 Å². The first-order chi connectivity index (χ1) is 26.2. The van der Waals surface area contributed by atoms with Crippen molar-refractivity contribution in [2.45, 2.75) is 58.4 Å². The van der Waals surface area contributed by atoms with E-state index >= 15 is 4.39 Å². The van der Waals surface area contributed by atoms with Gasteiger partial charge in [-0.25, -0.2) is 9.37 Å². The first kappa shape index (κ1) is 39.0. The number of piperidine rings is 1. The molecule has 3 heterocycles. The molecule has 11 nitrogen and oxygen atoms in total. The number of rotatable bonds is 11. The number of para-hydroxylation sites is 1. The van der Waals surface area contributed by atoms with Crippen molar-refractivity contribution in [2.24, 2.45) is 0 Å². The van der Waals surface area contributed by atoms with E-state index in [0.29, 0.717) is 49.7 Å². The summed E-state index contributed by atoms with van der Waals surface area (Å²) in [6, 6.07) is 16.3. The lowest BCUT2D eigenvalue weighted by Gasteiger charge is -2.37. The van der Waals surface area contributed by atoms with Crippen molar-refractivity contribution in [1.82, 2.24) is 20.5 Å². The van der Waals surface area contributed by atoms with E-state index in [0.717, 1.165) is 23.0 Å². The third-order valence-electron chi connectivity index (χ3n) is 9.60. The molecule has 0 bridgehead atoms. The molecule has 2 saturated heterocycles. The minimum atomic E-state index is -4.72. The van der Waals surface area contributed by atoms with Gasteiger partial charge in [-0.05, 0) is 62.6 Å². The normalized spacial score (nSPS) is 16.5. The molecule has 4 N–H and O–H groups in total. The van der Waals surface area contributed by atoms with Crippen molar-refractivity contribution in [2.75, 3.05) is 48.8 Å². The number of amides is 3. The van der Waals surface area contributed by atoms with Crippen molar-refractivity contribution in [3.05, 3.63) is 100 Å². The number of pyridine rings is 1. The van der Waals surface area contributed by atoms with Crippen molar-refractivity contribution < 1.29 is 36.7 Å². The van der Waals surface area contributed by atoms with Crippen molar-refractivity contribution in [3.8, 4) is 5.75 Å². The van der Waals surface area contributed by atoms with Gasteiger partial charge in [0.15, 0.2) is 0 Å². The molecule has 2 aliphatic rings. The van der Waals surface area contributed by atoms with Gasteiger partial charge in [0.1, 0.15) is 17.4 Å². The van der Waals surface area contributed by atoms with Gasteiger partial charge in [-0.3, -0.25) is 24.6 Å². The van der Waals surface area contributed by atoms with Crippen LogP contribution in [0.25, 0.3) is 0 Å². The van der Waals surface area contributed by atoms with Crippen molar-refractivity contribution in [3.63, 3.8) is 0 Å². The second kappa shape index (κ2) is 16.3. The van der Waals surface area contributed by atoms with Gasteiger partial charge in [-0.15, -0.1) is 0 Å². The molecule has 4 aromatic rings. The van der Waals surface area contributed by atoms with Gasteiger partial charge < -0.3 is 25.6 Å². The fourth-order valence-electron chi connectivity index (χ4n) is 6.88. The van der Waals surface area contributed by atoms with Gasteiger partial charge in [0, 0.05) is 75.8 Å². The van der Waals surface area contributed by atoms with E-state index in [2.05, 4.69) is 36.1 Å². The van der Waals surface area contributed by atoms with Gasteiger partial charge >= 0.3 is 6.18 Å². The number of halogens is 4.